The predicted octanol–water partition coefficient (Wildman–Crippen LogP) is 3.98. The van der Waals surface area contributed by atoms with E-state index >= 15 is 0 Å². The van der Waals surface area contributed by atoms with Crippen LogP contribution in [0.25, 0.3) is 10.9 Å². The molecule has 0 saturated heterocycles. The van der Waals surface area contributed by atoms with Crippen molar-refractivity contribution in [1.29, 1.82) is 0 Å². The quantitative estimate of drug-likeness (QED) is 0.633. The van der Waals surface area contributed by atoms with Gasteiger partial charge in [-0.3, -0.25) is 9.36 Å². The van der Waals surface area contributed by atoms with Crippen LogP contribution in [-0.4, -0.2) is 28.5 Å². The average molecular weight is 389 g/mol. The zero-order chi connectivity index (χ0) is 18.1. The molecule has 7 heteroatoms. The molecule has 1 aliphatic heterocycles. The zero-order valence-electron chi connectivity index (χ0n) is 14.2. The van der Waals surface area contributed by atoms with Crippen LogP contribution in [0.4, 0.5) is 0 Å². The van der Waals surface area contributed by atoms with Crippen LogP contribution in [0, 0.1) is 0 Å². The van der Waals surface area contributed by atoms with Crippen molar-refractivity contribution in [1.82, 2.24) is 9.55 Å². The van der Waals surface area contributed by atoms with Gasteiger partial charge in [-0.15, -0.1) is 11.8 Å². The SMILES string of the molecule is CCSc1ccc(Cl)cc1Cn1cnc2cc3c(cc2c1=O)OCCO3. The van der Waals surface area contributed by atoms with Gasteiger partial charge in [-0.05, 0) is 35.6 Å². The minimum atomic E-state index is -0.112. The summed E-state index contributed by atoms with van der Waals surface area (Å²) in [6, 6.07) is 9.24. The van der Waals surface area contributed by atoms with Gasteiger partial charge in [0.25, 0.3) is 5.56 Å². The van der Waals surface area contributed by atoms with Crippen molar-refractivity contribution in [3.63, 3.8) is 0 Å². The first-order valence-corrected chi connectivity index (χ1v) is 9.72. The van der Waals surface area contributed by atoms with Crippen LogP contribution < -0.4 is 15.0 Å². The van der Waals surface area contributed by atoms with Gasteiger partial charge in [-0.1, -0.05) is 18.5 Å². The molecule has 0 radical (unpaired) electrons. The molecule has 0 amide bonds. The Bertz CT molecular complexity index is 1040. The third-order valence-electron chi connectivity index (χ3n) is 4.15. The van der Waals surface area contributed by atoms with Crippen LogP contribution in [-0.2, 0) is 6.54 Å². The van der Waals surface area contributed by atoms with Gasteiger partial charge in [-0.2, -0.15) is 0 Å². The monoisotopic (exact) mass is 388 g/mol. The minimum absolute atomic E-state index is 0.112. The Morgan fingerprint density at radius 2 is 1.96 bits per heavy atom. The molecule has 0 N–H and O–H groups in total. The highest BCUT2D eigenvalue weighted by Gasteiger charge is 2.16. The van der Waals surface area contributed by atoms with Crippen LogP contribution in [0.5, 0.6) is 11.5 Å². The highest BCUT2D eigenvalue weighted by molar-refractivity contribution is 7.99. The number of aromatic nitrogens is 2. The van der Waals surface area contributed by atoms with Gasteiger partial charge < -0.3 is 9.47 Å². The van der Waals surface area contributed by atoms with Crippen molar-refractivity contribution in [3.05, 3.63) is 57.6 Å². The fourth-order valence-electron chi connectivity index (χ4n) is 2.96. The van der Waals surface area contributed by atoms with E-state index in [1.165, 1.54) is 0 Å². The molecule has 1 aromatic heterocycles. The molecular weight excluding hydrogens is 372 g/mol. The smallest absolute Gasteiger partial charge is 0.261 e. The number of ether oxygens (including phenoxy) is 2. The number of benzene rings is 2. The summed E-state index contributed by atoms with van der Waals surface area (Å²) in [5, 5.41) is 1.17. The van der Waals surface area contributed by atoms with Gasteiger partial charge in [0.05, 0.1) is 23.8 Å². The summed E-state index contributed by atoms with van der Waals surface area (Å²) in [6.07, 6.45) is 1.57. The number of thioether (sulfide) groups is 1. The van der Waals surface area contributed by atoms with Crippen LogP contribution >= 0.6 is 23.4 Å². The van der Waals surface area contributed by atoms with E-state index in [9.17, 15) is 4.79 Å². The van der Waals surface area contributed by atoms with Crippen molar-refractivity contribution < 1.29 is 9.47 Å². The molecule has 26 heavy (non-hydrogen) atoms. The van der Waals surface area contributed by atoms with Gasteiger partial charge in [0, 0.05) is 16.0 Å². The van der Waals surface area contributed by atoms with Gasteiger partial charge in [0.2, 0.25) is 0 Å². The Balaban J connectivity index is 1.77. The lowest BCUT2D eigenvalue weighted by Gasteiger charge is -2.18. The lowest BCUT2D eigenvalue weighted by molar-refractivity contribution is 0.172. The summed E-state index contributed by atoms with van der Waals surface area (Å²) in [7, 11) is 0. The summed E-state index contributed by atoms with van der Waals surface area (Å²) < 4.78 is 12.8. The summed E-state index contributed by atoms with van der Waals surface area (Å²) >= 11 is 7.88. The average Bonchev–Trinajstić information content (AvgIpc) is 2.65. The van der Waals surface area contributed by atoms with Crippen LogP contribution in [0.2, 0.25) is 5.02 Å². The first-order valence-electron chi connectivity index (χ1n) is 8.35. The molecule has 0 fully saturated rings. The summed E-state index contributed by atoms with van der Waals surface area (Å²) in [5.74, 6) is 2.17. The zero-order valence-corrected chi connectivity index (χ0v) is 15.8. The standard InChI is InChI=1S/C19H17ClN2O3S/c1-2-26-18-4-3-13(20)7-12(18)10-22-11-21-15-9-17-16(24-5-6-25-17)8-14(15)19(22)23/h3-4,7-9,11H,2,5-6,10H2,1H3. The fourth-order valence-corrected chi connectivity index (χ4v) is 3.94. The van der Waals surface area contributed by atoms with Crippen molar-refractivity contribution in [3.8, 4) is 11.5 Å². The predicted molar refractivity (Wildman–Crippen MR) is 104 cm³/mol. The molecule has 0 atom stereocenters. The van der Waals surface area contributed by atoms with Gasteiger partial charge in [0.15, 0.2) is 11.5 Å². The molecule has 0 spiro atoms. The first-order chi connectivity index (χ1) is 12.7. The molecule has 2 heterocycles. The Morgan fingerprint density at radius 1 is 1.19 bits per heavy atom. The van der Waals surface area contributed by atoms with Crippen molar-refractivity contribution in [2.45, 2.75) is 18.4 Å². The fraction of sp³-hybridized carbons (Fsp3) is 0.263. The third-order valence-corrected chi connectivity index (χ3v) is 5.38. The highest BCUT2D eigenvalue weighted by atomic mass is 35.5. The number of fused-ring (bicyclic) bond motifs is 2. The molecule has 0 unspecified atom stereocenters. The molecule has 0 saturated carbocycles. The number of hydrogen-bond acceptors (Lipinski definition) is 5. The Hall–Kier alpha value is -2.18. The third kappa shape index (κ3) is 3.27. The van der Waals surface area contributed by atoms with E-state index in [1.54, 1.807) is 34.8 Å². The molecule has 1 aliphatic rings. The van der Waals surface area contributed by atoms with Gasteiger partial charge in [0.1, 0.15) is 13.2 Å². The maximum atomic E-state index is 13.0. The minimum Gasteiger partial charge on any atom is -0.486 e. The molecule has 2 aromatic carbocycles. The molecule has 4 rings (SSSR count). The van der Waals surface area contributed by atoms with Crippen molar-refractivity contribution in [2.24, 2.45) is 0 Å². The van der Waals surface area contributed by atoms with E-state index in [2.05, 4.69) is 11.9 Å². The van der Waals surface area contributed by atoms with Crippen molar-refractivity contribution in [2.75, 3.05) is 19.0 Å². The molecule has 3 aromatic rings. The summed E-state index contributed by atoms with van der Waals surface area (Å²) in [6.45, 7) is 3.49. The van der Waals surface area contributed by atoms with E-state index in [1.807, 2.05) is 18.2 Å². The summed E-state index contributed by atoms with van der Waals surface area (Å²) in [5.41, 5.74) is 1.49. The van der Waals surface area contributed by atoms with E-state index in [0.717, 1.165) is 16.2 Å². The molecule has 0 bridgehead atoms. The van der Waals surface area contributed by atoms with Crippen LogP contribution in [0.1, 0.15) is 12.5 Å². The van der Waals surface area contributed by atoms with E-state index in [-0.39, 0.29) is 5.56 Å². The largest absolute Gasteiger partial charge is 0.486 e. The van der Waals surface area contributed by atoms with Crippen LogP contribution in [0.3, 0.4) is 0 Å². The second kappa shape index (κ2) is 7.21. The second-order valence-electron chi connectivity index (χ2n) is 5.88. The Labute approximate surface area is 159 Å². The number of halogens is 1. The van der Waals surface area contributed by atoms with Crippen LogP contribution in [0.15, 0.2) is 46.3 Å². The van der Waals surface area contributed by atoms with Gasteiger partial charge in [-0.25, -0.2) is 4.98 Å². The summed E-state index contributed by atoms with van der Waals surface area (Å²) in [4.78, 5) is 18.5. The normalized spacial score (nSPS) is 13.2. The van der Waals surface area contributed by atoms with Crippen molar-refractivity contribution >= 4 is 34.3 Å². The molecule has 134 valence electrons. The topological polar surface area (TPSA) is 53.4 Å². The van der Waals surface area contributed by atoms with E-state index in [0.29, 0.717) is 47.2 Å². The first kappa shape index (κ1) is 17.2. The number of hydrogen-bond donors (Lipinski definition) is 0. The van der Waals surface area contributed by atoms with E-state index < -0.39 is 0 Å². The Kier molecular flexibility index (Phi) is 4.78. The molecule has 5 nitrogen and oxygen atoms in total. The second-order valence-corrected chi connectivity index (χ2v) is 7.62. The lowest BCUT2D eigenvalue weighted by Crippen LogP contribution is -2.22. The maximum absolute atomic E-state index is 13.0. The lowest BCUT2D eigenvalue weighted by atomic mass is 10.2. The molecule has 0 aliphatic carbocycles. The van der Waals surface area contributed by atoms with E-state index in [4.69, 9.17) is 21.1 Å². The maximum Gasteiger partial charge on any atom is 0.261 e. The highest BCUT2D eigenvalue weighted by Crippen LogP contribution is 2.33. The molecular formula is C19H17ClN2O3S. The Morgan fingerprint density at radius 3 is 2.73 bits per heavy atom. The number of rotatable bonds is 4. The number of nitrogens with zero attached hydrogens (tertiary/aromatic N) is 2. The van der Waals surface area contributed by atoms with Gasteiger partial charge >= 0.3 is 0 Å².